The molecule has 0 aliphatic heterocycles. The van der Waals surface area contributed by atoms with Crippen LogP contribution >= 0.6 is 11.6 Å². The maximum atomic E-state index is 12.4. The molecule has 0 radical (unpaired) electrons. The normalized spacial score (nSPS) is 12.4. The average molecular weight is 309 g/mol. The summed E-state index contributed by atoms with van der Waals surface area (Å²) in [6, 6.07) is 4.52. The molecule has 1 aromatic heterocycles. The number of nitrogens with one attached hydrogen (secondary N) is 1. The molecule has 0 saturated heterocycles. The maximum Gasteiger partial charge on any atom is 0.325 e. The third-order valence-corrected chi connectivity index (χ3v) is 3.76. The van der Waals surface area contributed by atoms with Crippen LogP contribution in [0.1, 0.15) is 29.9 Å². The van der Waals surface area contributed by atoms with Gasteiger partial charge in [0.2, 0.25) is 0 Å². The Morgan fingerprint density at radius 1 is 1.43 bits per heavy atom. The van der Waals surface area contributed by atoms with E-state index in [9.17, 15) is 9.59 Å². The largest absolute Gasteiger partial charge is 0.480 e. The summed E-state index contributed by atoms with van der Waals surface area (Å²) in [5, 5.41) is 12.9. The molecule has 0 spiro atoms. The number of aliphatic carboxylic acids is 1. The molecule has 0 aliphatic carbocycles. The number of halogens is 1. The first-order valence-electron chi connectivity index (χ1n) is 6.68. The van der Waals surface area contributed by atoms with Crippen LogP contribution in [0.4, 0.5) is 0 Å². The molecule has 21 heavy (non-hydrogen) atoms. The van der Waals surface area contributed by atoms with Crippen LogP contribution in [0.25, 0.3) is 10.9 Å². The van der Waals surface area contributed by atoms with Crippen LogP contribution in [-0.2, 0) is 11.3 Å². The molecular formula is C15H17ClN2O3. The fourth-order valence-corrected chi connectivity index (χ4v) is 2.61. The van der Waals surface area contributed by atoms with E-state index < -0.39 is 17.9 Å². The summed E-state index contributed by atoms with van der Waals surface area (Å²) >= 11 is 6.01. The van der Waals surface area contributed by atoms with E-state index in [0.717, 1.165) is 16.5 Å². The Balaban J connectivity index is 2.55. The van der Waals surface area contributed by atoms with Crippen LogP contribution in [0.3, 0.4) is 0 Å². The monoisotopic (exact) mass is 308 g/mol. The van der Waals surface area contributed by atoms with Gasteiger partial charge < -0.3 is 15.0 Å². The Morgan fingerprint density at radius 3 is 2.67 bits per heavy atom. The SMILES string of the molecule is CCn1c(C(=O)NC(C)C(=O)O)c(C)c2cc(Cl)ccc21. The Bertz CT molecular complexity index is 721. The highest BCUT2D eigenvalue weighted by Gasteiger charge is 2.22. The molecule has 1 amide bonds. The summed E-state index contributed by atoms with van der Waals surface area (Å²) < 4.78 is 1.87. The van der Waals surface area contributed by atoms with Gasteiger partial charge >= 0.3 is 5.97 Å². The maximum absolute atomic E-state index is 12.4. The first kappa shape index (κ1) is 15.4. The van der Waals surface area contributed by atoms with E-state index in [0.29, 0.717) is 17.3 Å². The van der Waals surface area contributed by atoms with E-state index in [-0.39, 0.29) is 0 Å². The number of carboxylic acid groups (broad SMARTS) is 1. The lowest BCUT2D eigenvalue weighted by Crippen LogP contribution is -2.39. The van der Waals surface area contributed by atoms with Crippen LogP contribution in [0.15, 0.2) is 18.2 Å². The van der Waals surface area contributed by atoms with Crippen LogP contribution in [0.2, 0.25) is 5.02 Å². The predicted molar refractivity (Wildman–Crippen MR) is 81.9 cm³/mol. The van der Waals surface area contributed by atoms with Crippen molar-refractivity contribution in [1.82, 2.24) is 9.88 Å². The summed E-state index contributed by atoms with van der Waals surface area (Å²) in [5.74, 6) is -1.46. The molecule has 2 aromatic rings. The molecule has 1 atom stereocenters. The number of carboxylic acids is 1. The number of carbonyl (C=O) groups is 2. The second kappa shape index (κ2) is 5.77. The molecule has 1 unspecified atom stereocenters. The van der Waals surface area contributed by atoms with Gasteiger partial charge in [0.05, 0.1) is 0 Å². The highest BCUT2D eigenvalue weighted by Crippen LogP contribution is 2.28. The third-order valence-electron chi connectivity index (χ3n) is 3.53. The van der Waals surface area contributed by atoms with Crippen LogP contribution in [-0.4, -0.2) is 27.6 Å². The number of nitrogens with zero attached hydrogens (tertiary/aromatic N) is 1. The zero-order valence-electron chi connectivity index (χ0n) is 12.1. The van der Waals surface area contributed by atoms with Gasteiger partial charge in [0, 0.05) is 22.5 Å². The second-order valence-corrected chi connectivity index (χ2v) is 5.35. The molecule has 0 fully saturated rings. The number of fused-ring (bicyclic) bond motifs is 1. The number of carbonyl (C=O) groups excluding carboxylic acids is 1. The summed E-state index contributed by atoms with van der Waals surface area (Å²) in [5.41, 5.74) is 2.18. The standard InChI is InChI=1S/C15H17ClN2O3/c1-4-18-12-6-5-10(16)7-11(12)8(2)13(18)14(19)17-9(3)15(20)21/h5-7,9H,4H2,1-3H3,(H,17,19)(H,20,21). The number of benzene rings is 1. The lowest BCUT2D eigenvalue weighted by molar-refractivity contribution is -0.138. The minimum Gasteiger partial charge on any atom is -0.480 e. The van der Waals surface area contributed by atoms with Gasteiger partial charge in [-0.2, -0.15) is 0 Å². The molecule has 6 heteroatoms. The molecular weight excluding hydrogens is 292 g/mol. The lowest BCUT2D eigenvalue weighted by atomic mass is 10.1. The van der Waals surface area contributed by atoms with Gasteiger partial charge in [-0.25, -0.2) is 0 Å². The van der Waals surface area contributed by atoms with Crippen molar-refractivity contribution in [3.63, 3.8) is 0 Å². The van der Waals surface area contributed by atoms with Crippen molar-refractivity contribution in [3.05, 3.63) is 34.5 Å². The minimum atomic E-state index is -1.07. The molecule has 5 nitrogen and oxygen atoms in total. The zero-order valence-corrected chi connectivity index (χ0v) is 12.9. The first-order valence-corrected chi connectivity index (χ1v) is 7.06. The van der Waals surface area contributed by atoms with Crippen molar-refractivity contribution in [2.75, 3.05) is 0 Å². The van der Waals surface area contributed by atoms with Crippen LogP contribution in [0.5, 0.6) is 0 Å². The minimum absolute atomic E-state index is 0.392. The van der Waals surface area contributed by atoms with Gasteiger partial charge in [-0.05, 0) is 44.5 Å². The number of aryl methyl sites for hydroxylation is 2. The molecule has 2 N–H and O–H groups in total. The van der Waals surface area contributed by atoms with Gasteiger partial charge in [-0.15, -0.1) is 0 Å². The number of amides is 1. The van der Waals surface area contributed by atoms with Gasteiger partial charge in [0.15, 0.2) is 0 Å². The highest BCUT2D eigenvalue weighted by atomic mass is 35.5. The summed E-state index contributed by atoms with van der Waals surface area (Å²) in [4.78, 5) is 23.3. The summed E-state index contributed by atoms with van der Waals surface area (Å²) in [7, 11) is 0. The van der Waals surface area contributed by atoms with E-state index in [1.165, 1.54) is 6.92 Å². The van der Waals surface area contributed by atoms with E-state index in [1.807, 2.05) is 30.5 Å². The molecule has 0 saturated carbocycles. The van der Waals surface area contributed by atoms with Crippen LogP contribution in [0, 0.1) is 6.92 Å². The Morgan fingerprint density at radius 2 is 2.10 bits per heavy atom. The number of aromatic nitrogens is 1. The summed E-state index contributed by atoms with van der Waals surface area (Å²) in [6.07, 6.45) is 0. The zero-order chi connectivity index (χ0) is 15.7. The van der Waals surface area contributed by atoms with E-state index in [4.69, 9.17) is 16.7 Å². The van der Waals surface area contributed by atoms with Crippen molar-refractivity contribution in [2.45, 2.75) is 33.4 Å². The van der Waals surface area contributed by atoms with Gasteiger partial charge in [-0.1, -0.05) is 11.6 Å². The molecule has 0 aliphatic rings. The molecule has 0 bridgehead atoms. The van der Waals surface area contributed by atoms with Crippen molar-refractivity contribution in [2.24, 2.45) is 0 Å². The Labute approximate surface area is 127 Å². The van der Waals surface area contributed by atoms with E-state index >= 15 is 0 Å². The predicted octanol–water partition coefficient (Wildman–Crippen LogP) is 2.83. The van der Waals surface area contributed by atoms with E-state index in [1.54, 1.807) is 6.07 Å². The smallest absolute Gasteiger partial charge is 0.325 e. The Kier molecular flexibility index (Phi) is 4.23. The van der Waals surface area contributed by atoms with Gasteiger partial charge in [0.25, 0.3) is 5.91 Å². The highest BCUT2D eigenvalue weighted by molar-refractivity contribution is 6.31. The molecule has 2 rings (SSSR count). The van der Waals surface area contributed by atoms with Crippen molar-refractivity contribution in [1.29, 1.82) is 0 Å². The molecule has 1 aromatic carbocycles. The van der Waals surface area contributed by atoms with Crippen molar-refractivity contribution < 1.29 is 14.7 Å². The third kappa shape index (κ3) is 2.74. The van der Waals surface area contributed by atoms with Gasteiger partial charge in [0.1, 0.15) is 11.7 Å². The lowest BCUT2D eigenvalue weighted by Gasteiger charge is -2.12. The number of hydrogen-bond acceptors (Lipinski definition) is 2. The fourth-order valence-electron chi connectivity index (χ4n) is 2.44. The van der Waals surface area contributed by atoms with Crippen molar-refractivity contribution >= 4 is 34.4 Å². The topological polar surface area (TPSA) is 71.3 Å². The van der Waals surface area contributed by atoms with Crippen molar-refractivity contribution in [3.8, 4) is 0 Å². The van der Waals surface area contributed by atoms with Crippen LogP contribution < -0.4 is 5.32 Å². The number of hydrogen-bond donors (Lipinski definition) is 2. The average Bonchev–Trinajstić information content (AvgIpc) is 2.70. The Hall–Kier alpha value is -2.01. The summed E-state index contributed by atoms with van der Waals surface area (Å²) in [6.45, 7) is 5.82. The molecule has 112 valence electrons. The van der Waals surface area contributed by atoms with E-state index in [2.05, 4.69) is 5.32 Å². The molecule has 1 heterocycles. The fraction of sp³-hybridized carbons (Fsp3) is 0.333. The first-order chi connectivity index (χ1) is 9.86. The second-order valence-electron chi connectivity index (χ2n) is 4.91. The van der Waals surface area contributed by atoms with Gasteiger partial charge in [-0.3, -0.25) is 9.59 Å². The number of rotatable bonds is 4. The quantitative estimate of drug-likeness (QED) is 0.912.